The number of hydrogen-bond donors (Lipinski definition) is 0. The molecule has 74 heavy (non-hydrogen) atoms. The summed E-state index contributed by atoms with van der Waals surface area (Å²) in [6, 6.07) is 38.8. The Morgan fingerprint density at radius 3 is 1.54 bits per heavy atom. The van der Waals surface area contributed by atoms with E-state index in [1.807, 2.05) is 45.3 Å². The van der Waals surface area contributed by atoms with E-state index in [1.165, 1.54) is 247 Å². The van der Waals surface area contributed by atoms with E-state index in [1.54, 1.807) is 11.1 Å². The number of thiophene rings is 4. The molecule has 0 bridgehead atoms. The van der Waals surface area contributed by atoms with Gasteiger partial charge >= 0.3 is 0 Å². The molecule has 4 aromatic carbocycles. The van der Waals surface area contributed by atoms with Crippen LogP contribution in [0.5, 0.6) is 0 Å². The molecule has 11 rings (SSSR count). The summed E-state index contributed by atoms with van der Waals surface area (Å²) < 4.78 is 10.1. The highest BCUT2D eigenvalue weighted by atomic mass is 32.1. The molecule has 0 amide bonds. The number of benzene rings is 4. The fourth-order valence-electron chi connectivity index (χ4n) is 12.8. The van der Waals surface area contributed by atoms with Crippen LogP contribution in [-0.2, 0) is 18.3 Å². The third-order valence-electron chi connectivity index (χ3n) is 16.8. The summed E-state index contributed by atoms with van der Waals surface area (Å²) in [4.78, 5) is 11.0. The molecule has 0 N–H and O–H groups in total. The maximum Gasteiger partial charge on any atom is 0.114 e. The van der Waals surface area contributed by atoms with Crippen molar-refractivity contribution in [2.75, 3.05) is 0 Å². The predicted octanol–water partition coefficient (Wildman–Crippen LogP) is 23.0. The Hall–Kier alpha value is -4.24. The Balaban J connectivity index is 0.951. The fourth-order valence-corrected chi connectivity index (χ4v) is 18.0. The monoisotopic (exact) mass is 1070 g/mol. The number of hydrogen-bond acceptors (Lipinski definition) is 7. The highest BCUT2D eigenvalue weighted by Gasteiger charge is 2.43. The van der Waals surface area contributed by atoms with Crippen molar-refractivity contribution in [3.63, 3.8) is 0 Å². The second kappa shape index (κ2) is 24.0. The quantitative estimate of drug-likeness (QED) is 0.0956. The van der Waals surface area contributed by atoms with Crippen LogP contribution in [0.15, 0.2) is 97.1 Å². The summed E-state index contributed by atoms with van der Waals surface area (Å²) in [5, 5.41) is 2.85. The number of aromatic nitrogens is 2. The summed E-state index contributed by atoms with van der Waals surface area (Å²) >= 11 is 9.21. The van der Waals surface area contributed by atoms with Crippen LogP contribution in [0.4, 0.5) is 0 Å². The van der Waals surface area contributed by atoms with Gasteiger partial charge in [0.2, 0.25) is 0 Å². The second-order valence-corrected chi connectivity index (χ2v) is 27.0. The number of unbranched alkanes of at least 4 members (excludes halogenated alkanes) is 6. The van der Waals surface area contributed by atoms with Gasteiger partial charge in [-0.05, 0) is 150 Å². The largest absolute Gasteiger partial charge is 0.172 e. The van der Waals surface area contributed by atoms with Crippen molar-refractivity contribution in [2.45, 2.75) is 187 Å². The summed E-state index contributed by atoms with van der Waals surface area (Å²) in [5.41, 5.74) is 16.6. The molecule has 9 aromatic rings. The Bertz CT molecular complexity index is 3320. The van der Waals surface area contributed by atoms with Gasteiger partial charge in [-0.2, -0.15) is 8.75 Å². The van der Waals surface area contributed by atoms with Gasteiger partial charge in [-0.3, -0.25) is 0 Å². The molecular formula is C67H76N2S5. The first kappa shape index (κ1) is 51.8. The van der Waals surface area contributed by atoms with Crippen molar-refractivity contribution >= 4 is 78.9 Å². The highest BCUT2D eigenvalue weighted by Crippen LogP contribution is 2.58. The molecular weight excluding hydrogens is 993 g/mol. The first-order chi connectivity index (χ1) is 36.4. The van der Waals surface area contributed by atoms with Crippen LogP contribution in [-0.4, -0.2) is 8.75 Å². The maximum absolute atomic E-state index is 5.07. The zero-order valence-electron chi connectivity index (χ0n) is 44.6. The molecule has 384 valence electrons. The van der Waals surface area contributed by atoms with Crippen LogP contribution >= 0.6 is 57.1 Å². The third kappa shape index (κ3) is 10.7. The average molecular weight is 1070 g/mol. The normalized spacial score (nSPS) is 15.5. The third-order valence-corrected chi connectivity index (χ3v) is 22.2. The minimum Gasteiger partial charge on any atom is -0.172 e. The molecule has 2 nitrogen and oxygen atoms in total. The zero-order chi connectivity index (χ0) is 50.4. The molecule has 2 aliphatic rings. The van der Waals surface area contributed by atoms with E-state index in [-0.39, 0.29) is 5.41 Å². The minimum atomic E-state index is 0.0427. The summed E-state index contributed by atoms with van der Waals surface area (Å²) in [6.45, 7) is 9.21. The van der Waals surface area contributed by atoms with Crippen LogP contribution in [0.25, 0.3) is 83.8 Å². The van der Waals surface area contributed by atoms with Gasteiger partial charge in [0.15, 0.2) is 0 Å². The maximum atomic E-state index is 5.07. The Labute approximate surface area is 463 Å². The molecule has 2 aliphatic carbocycles. The van der Waals surface area contributed by atoms with E-state index in [0.717, 1.165) is 23.9 Å². The number of fused-ring (bicyclic) bond motifs is 8. The lowest BCUT2D eigenvalue weighted by atomic mass is 9.70. The molecule has 0 radical (unpaired) electrons. The van der Waals surface area contributed by atoms with Gasteiger partial charge in [-0.15, -0.1) is 45.3 Å². The van der Waals surface area contributed by atoms with E-state index >= 15 is 0 Å². The van der Waals surface area contributed by atoms with Crippen molar-refractivity contribution < 1.29 is 0 Å². The second-order valence-electron chi connectivity index (χ2n) is 22.0. The van der Waals surface area contributed by atoms with Crippen molar-refractivity contribution in [1.29, 1.82) is 0 Å². The van der Waals surface area contributed by atoms with E-state index in [2.05, 4.69) is 125 Å². The first-order valence-corrected chi connectivity index (χ1v) is 32.8. The van der Waals surface area contributed by atoms with Gasteiger partial charge in [-0.25, -0.2) is 0 Å². The van der Waals surface area contributed by atoms with E-state index in [9.17, 15) is 0 Å². The molecule has 5 heterocycles. The van der Waals surface area contributed by atoms with Crippen LogP contribution < -0.4 is 0 Å². The summed E-state index contributed by atoms with van der Waals surface area (Å²) in [6.07, 6.45) is 31.3. The lowest BCUT2D eigenvalue weighted by molar-refractivity contribution is 0.400. The predicted molar refractivity (Wildman–Crippen MR) is 330 cm³/mol. The topological polar surface area (TPSA) is 25.8 Å². The van der Waals surface area contributed by atoms with Crippen LogP contribution in [0, 0.1) is 13.8 Å². The van der Waals surface area contributed by atoms with Crippen molar-refractivity contribution in [1.82, 2.24) is 8.75 Å². The van der Waals surface area contributed by atoms with E-state index in [0.29, 0.717) is 0 Å². The van der Waals surface area contributed by atoms with Gasteiger partial charge in [-0.1, -0.05) is 184 Å². The van der Waals surface area contributed by atoms with Crippen molar-refractivity contribution in [2.24, 2.45) is 0 Å². The molecule has 0 unspecified atom stereocenters. The van der Waals surface area contributed by atoms with E-state index in [4.69, 9.17) is 8.75 Å². The van der Waals surface area contributed by atoms with Crippen LogP contribution in [0.2, 0.25) is 0 Å². The average Bonchev–Trinajstić information content (AvgIpc) is 4.33. The van der Waals surface area contributed by atoms with Gasteiger partial charge in [0.25, 0.3) is 0 Å². The Kier molecular flexibility index (Phi) is 16.8. The molecule has 7 heteroatoms. The smallest absolute Gasteiger partial charge is 0.114 e. The van der Waals surface area contributed by atoms with Crippen molar-refractivity contribution in [3.05, 3.63) is 130 Å². The molecule has 1 saturated carbocycles. The molecule has 0 saturated heterocycles. The van der Waals surface area contributed by atoms with Gasteiger partial charge < -0.3 is 0 Å². The Morgan fingerprint density at radius 2 is 0.973 bits per heavy atom. The molecule has 5 aromatic heterocycles. The lowest BCUT2D eigenvalue weighted by Gasteiger charge is -2.33. The van der Waals surface area contributed by atoms with Gasteiger partial charge in [0.05, 0.1) is 11.7 Å². The van der Waals surface area contributed by atoms with Crippen LogP contribution in [0.3, 0.4) is 0 Å². The van der Waals surface area contributed by atoms with Gasteiger partial charge in [0, 0.05) is 55.6 Å². The molecule has 1 spiro atoms. The van der Waals surface area contributed by atoms with E-state index < -0.39 is 0 Å². The summed E-state index contributed by atoms with van der Waals surface area (Å²) in [5.74, 6) is 0. The highest BCUT2D eigenvalue weighted by molar-refractivity contribution is 7.25. The number of aryl methyl sites for hydroxylation is 4. The lowest BCUT2D eigenvalue weighted by Crippen LogP contribution is -2.26. The molecule has 1 fully saturated rings. The van der Waals surface area contributed by atoms with Crippen molar-refractivity contribution in [3.8, 4) is 62.0 Å². The first-order valence-electron chi connectivity index (χ1n) is 28.8. The Morgan fingerprint density at radius 1 is 0.446 bits per heavy atom. The van der Waals surface area contributed by atoms with Gasteiger partial charge in [0.1, 0.15) is 11.0 Å². The summed E-state index contributed by atoms with van der Waals surface area (Å²) in [7, 11) is 0. The molecule has 0 aliphatic heterocycles. The zero-order valence-corrected chi connectivity index (χ0v) is 48.7. The minimum absolute atomic E-state index is 0.0427. The van der Waals surface area contributed by atoms with Crippen LogP contribution in [0.1, 0.15) is 188 Å². The SMILES string of the molecule is CCCCCCc1cc(-c2ccc(-c3cc(CCCCCC)c(-c4ccc(-c5ccc6c(c5)C5(CCCCCCCCCCCCCC5)c5cc(C)c7ccccc7c5-6)s4)s3)c3nsnc23)sc1-c1ccc(C)s1. The molecule has 0 atom stereocenters. The number of rotatable bonds is 15. The standard InChI is InChI=1S/C67H76N2S5/c1-5-7-9-21-27-48-43-60(72-65(48)58-36-31-46(4)70-58)53-34-35-54(64-63(53)68-74-69-64)61-44-49(28-22-10-8-6-2)66(73-61)59-38-37-57(71-59)47-32-33-52-55(42-47)67(56-41-45(3)50-29-23-24-30-51(50)62(52)56)39-25-19-17-15-13-11-12-14-16-18-20-26-40-67/h23-24,29-38,41-44H,5-22,25-28,39-40H2,1-4H3. The number of nitrogens with zero attached hydrogens (tertiary/aromatic N) is 2. The fraction of sp³-hybridized carbons (Fsp3) is 0.433.